The summed E-state index contributed by atoms with van der Waals surface area (Å²) in [5, 5.41) is 3.80. The van der Waals surface area contributed by atoms with Gasteiger partial charge >= 0.3 is 0 Å². The van der Waals surface area contributed by atoms with Crippen LogP contribution < -0.4 is 15.0 Å². The summed E-state index contributed by atoms with van der Waals surface area (Å²) in [6.45, 7) is 7.52. The van der Waals surface area contributed by atoms with Crippen LogP contribution in [0.25, 0.3) is 0 Å². The Morgan fingerprint density at radius 3 is 2.30 bits per heavy atom. The zero-order valence-corrected chi connectivity index (χ0v) is 19.7. The molecule has 4 rings (SSSR count). The van der Waals surface area contributed by atoms with E-state index in [4.69, 9.17) is 16.3 Å². The van der Waals surface area contributed by atoms with Crippen LogP contribution in [-0.2, 0) is 6.54 Å². The number of carbonyl (C=O) groups excluding carboxylic acids is 1. The minimum absolute atomic E-state index is 0.127. The lowest BCUT2D eigenvalue weighted by Gasteiger charge is -2.36. The Hall–Kier alpha value is -3.02. The standard InChI is InChI=1S/C27H30ClN3O2/c1-2-19-33-25-13-7-21(8-14-25)27(32)29-23-9-11-24(12-10-23)31-17-15-30(16-18-31)20-22-5-3-4-6-26(22)28/h3-14H,2,15-20H2,1H3,(H,29,32). The Labute approximate surface area is 200 Å². The normalized spacial score (nSPS) is 14.2. The highest BCUT2D eigenvalue weighted by Gasteiger charge is 2.18. The number of piperazine rings is 1. The van der Waals surface area contributed by atoms with Crippen molar-refractivity contribution in [1.82, 2.24) is 4.90 Å². The van der Waals surface area contributed by atoms with Gasteiger partial charge in [0.05, 0.1) is 6.61 Å². The molecule has 3 aromatic rings. The van der Waals surface area contributed by atoms with Gasteiger partial charge in [-0.25, -0.2) is 0 Å². The Balaban J connectivity index is 1.28. The number of ether oxygens (including phenoxy) is 1. The monoisotopic (exact) mass is 463 g/mol. The predicted octanol–water partition coefficient (Wildman–Crippen LogP) is 5.70. The van der Waals surface area contributed by atoms with E-state index < -0.39 is 0 Å². The maximum atomic E-state index is 12.6. The van der Waals surface area contributed by atoms with Crippen LogP contribution in [0.2, 0.25) is 5.02 Å². The molecule has 3 aromatic carbocycles. The Morgan fingerprint density at radius 2 is 1.64 bits per heavy atom. The van der Waals surface area contributed by atoms with E-state index in [9.17, 15) is 4.79 Å². The Morgan fingerprint density at radius 1 is 0.939 bits per heavy atom. The van der Waals surface area contributed by atoms with Crippen molar-refractivity contribution in [3.05, 3.63) is 88.9 Å². The van der Waals surface area contributed by atoms with E-state index in [1.54, 1.807) is 12.1 Å². The van der Waals surface area contributed by atoms with E-state index in [2.05, 4.69) is 40.2 Å². The third kappa shape index (κ3) is 6.28. The number of amides is 1. The van der Waals surface area contributed by atoms with Gasteiger partial charge in [-0.05, 0) is 66.6 Å². The molecule has 1 fully saturated rings. The van der Waals surface area contributed by atoms with Gasteiger partial charge in [0.2, 0.25) is 0 Å². The molecule has 33 heavy (non-hydrogen) atoms. The molecule has 0 saturated carbocycles. The van der Waals surface area contributed by atoms with E-state index in [0.717, 1.165) is 55.6 Å². The molecule has 1 aliphatic rings. The van der Waals surface area contributed by atoms with Crippen LogP contribution in [0.3, 0.4) is 0 Å². The van der Waals surface area contributed by atoms with Gasteiger partial charge < -0.3 is 15.0 Å². The first kappa shape index (κ1) is 23.1. The molecule has 0 atom stereocenters. The van der Waals surface area contributed by atoms with Gasteiger partial charge in [0, 0.05) is 54.7 Å². The second-order valence-electron chi connectivity index (χ2n) is 8.23. The summed E-state index contributed by atoms with van der Waals surface area (Å²) >= 11 is 6.31. The second-order valence-corrected chi connectivity index (χ2v) is 8.64. The molecule has 0 radical (unpaired) electrons. The fourth-order valence-electron chi connectivity index (χ4n) is 3.91. The summed E-state index contributed by atoms with van der Waals surface area (Å²) < 4.78 is 5.58. The molecule has 1 heterocycles. The largest absolute Gasteiger partial charge is 0.494 e. The molecular weight excluding hydrogens is 434 g/mol. The summed E-state index contributed by atoms with van der Waals surface area (Å²) in [6, 6.07) is 23.3. The van der Waals surface area contributed by atoms with Crippen molar-refractivity contribution in [2.24, 2.45) is 0 Å². The fraction of sp³-hybridized carbons (Fsp3) is 0.296. The van der Waals surface area contributed by atoms with Crippen LogP contribution in [0.5, 0.6) is 5.75 Å². The fourth-order valence-corrected chi connectivity index (χ4v) is 4.11. The molecule has 1 amide bonds. The van der Waals surface area contributed by atoms with Crippen molar-refractivity contribution in [2.45, 2.75) is 19.9 Å². The maximum Gasteiger partial charge on any atom is 0.255 e. The van der Waals surface area contributed by atoms with Gasteiger partial charge in [0.25, 0.3) is 5.91 Å². The van der Waals surface area contributed by atoms with Gasteiger partial charge in [-0.15, -0.1) is 0 Å². The van der Waals surface area contributed by atoms with Crippen molar-refractivity contribution in [1.29, 1.82) is 0 Å². The van der Waals surface area contributed by atoms with E-state index in [0.29, 0.717) is 12.2 Å². The van der Waals surface area contributed by atoms with Crippen LogP contribution in [-0.4, -0.2) is 43.6 Å². The number of benzene rings is 3. The highest BCUT2D eigenvalue weighted by Crippen LogP contribution is 2.22. The maximum absolute atomic E-state index is 12.6. The summed E-state index contributed by atoms with van der Waals surface area (Å²) in [5.74, 6) is 0.655. The molecule has 0 bridgehead atoms. The second kappa shape index (κ2) is 11.2. The molecule has 0 spiro atoms. The number of halogens is 1. The van der Waals surface area contributed by atoms with E-state index in [-0.39, 0.29) is 5.91 Å². The minimum Gasteiger partial charge on any atom is -0.494 e. The minimum atomic E-state index is -0.127. The number of carbonyl (C=O) groups is 1. The zero-order chi connectivity index (χ0) is 23.0. The third-order valence-corrected chi connectivity index (χ3v) is 6.17. The number of nitrogens with zero attached hydrogens (tertiary/aromatic N) is 2. The van der Waals surface area contributed by atoms with Gasteiger partial charge in [0.1, 0.15) is 5.75 Å². The quantitative estimate of drug-likeness (QED) is 0.465. The molecule has 6 heteroatoms. The van der Waals surface area contributed by atoms with Crippen LogP contribution in [0.4, 0.5) is 11.4 Å². The van der Waals surface area contributed by atoms with Crippen LogP contribution in [0, 0.1) is 0 Å². The lowest BCUT2D eigenvalue weighted by Crippen LogP contribution is -2.46. The van der Waals surface area contributed by atoms with Gasteiger partial charge in [0.15, 0.2) is 0 Å². The number of hydrogen-bond acceptors (Lipinski definition) is 4. The molecule has 1 aliphatic heterocycles. The molecule has 0 aromatic heterocycles. The first-order valence-corrected chi connectivity index (χ1v) is 11.8. The first-order valence-electron chi connectivity index (χ1n) is 11.5. The van der Waals surface area contributed by atoms with Crippen LogP contribution >= 0.6 is 11.6 Å². The molecular formula is C27H30ClN3O2. The molecule has 0 unspecified atom stereocenters. The average molecular weight is 464 g/mol. The highest BCUT2D eigenvalue weighted by atomic mass is 35.5. The van der Waals surface area contributed by atoms with Crippen molar-refractivity contribution in [3.63, 3.8) is 0 Å². The average Bonchev–Trinajstić information content (AvgIpc) is 2.85. The number of hydrogen-bond donors (Lipinski definition) is 1. The molecule has 5 nitrogen and oxygen atoms in total. The number of rotatable bonds is 8. The van der Waals surface area contributed by atoms with Gasteiger partial charge in [-0.1, -0.05) is 36.7 Å². The molecule has 172 valence electrons. The molecule has 1 N–H and O–H groups in total. The van der Waals surface area contributed by atoms with E-state index in [1.807, 2.05) is 42.5 Å². The lowest BCUT2D eigenvalue weighted by molar-refractivity contribution is 0.102. The van der Waals surface area contributed by atoms with E-state index >= 15 is 0 Å². The topological polar surface area (TPSA) is 44.8 Å². The van der Waals surface area contributed by atoms with Crippen LogP contribution in [0.1, 0.15) is 29.3 Å². The van der Waals surface area contributed by atoms with Gasteiger partial charge in [-0.3, -0.25) is 9.69 Å². The van der Waals surface area contributed by atoms with Crippen molar-refractivity contribution in [2.75, 3.05) is 43.0 Å². The first-order chi connectivity index (χ1) is 16.1. The van der Waals surface area contributed by atoms with Crippen molar-refractivity contribution < 1.29 is 9.53 Å². The lowest BCUT2D eigenvalue weighted by atomic mass is 10.1. The number of nitrogens with one attached hydrogen (secondary N) is 1. The predicted molar refractivity (Wildman–Crippen MR) is 136 cm³/mol. The molecule has 1 saturated heterocycles. The number of anilines is 2. The SMILES string of the molecule is CCCOc1ccc(C(=O)Nc2ccc(N3CCN(Cc4ccccc4Cl)CC3)cc2)cc1. The van der Waals surface area contributed by atoms with Crippen molar-refractivity contribution in [3.8, 4) is 5.75 Å². The van der Waals surface area contributed by atoms with Crippen LogP contribution in [0.15, 0.2) is 72.8 Å². The Kier molecular flexibility index (Phi) is 7.87. The highest BCUT2D eigenvalue weighted by molar-refractivity contribution is 6.31. The summed E-state index contributed by atoms with van der Waals surface area (Å²) in [7, 11) is 0. The molecule has 0 aliphatic carbocycles. The summed E-state index contributed by atoms with van der Waals surface area (Å²) in [6.07, 6.45) is 0.955. The van der Waals surface area contributed by atoms with Crippen molar-refractivity contribution >= 4 is 28.9 Å². The van der Waals surface area contributed by atoms with E-state index in [1.165, 1.54) is 11.3 Å². The smallest absolute Gasteiger partial charge is 0.255 e. The third-order valence-electron chi connectivity index (χ3n) is 5.80. The summed E-state index contributed by atoms with van der Waals surface area (Å²) in [5.41, 5.74) is 3.74. The van der Waals surface area contributed by atoms with Gasteiger partial charge in [-0.2, -0.15) is 0 Å². The zero-order valence-electron chi connectivity index (χ0n) is 19.0. The summed E-state index contributed by atoms with van der Waals surface area (Å²) in [4.78, 5) is 17.4. The Bertz CT molecular complexity index is 1050.